The van der Waals surface area contributed by atoms with Gasteiger partial charge < -0.3 is 14.7 Å². The van der Waals surface area contributed by atoms with Crippen molar-refractivity contribution < 1.29 is 19.4 Å². The third kappa shape index (κ3) is 4.56. The van der Waals surface area contributed by atoms with Crippen LogP contribution in [0.3, 0.4) is 0 Å². The SMILES string of the molecule is CCCCCOCC(=O)N1CCC(n2ncc(C(=O)O)c2C)CC1. The lowest BCUT2D eigenvalue weighted by Crippen LogP contribution is -2.41. The molecular weight excluding hydrogens is 310 g/mol. The molecule has 0 saturated carbocycles. The Hall–Kier alpha value is -1.89. The molecule has 134 valence electrons. The molecule has 7 nitrogen and oxygen atoms in total. The van der Waals surface area contributed by atoms with Gasteiger partial charge >= 0.3 is 5.97 Å². The first-order chi connectivity index (χ1) is 11.5. The number of rotatable bonds is 8. The highest BCUT2D eigenvalue weighted by Gasteiger charge is 2.26. The van der Waals surface area contributed by atoms with Crippen LogP contribution in [0, 0.1) is 6.92 Å². The van der Waals surface area contributed by atoms with Crippen LogP contribution in [0.1, 0.15) is 61.1 Å². The molecule has 0 radical (unpaired) electrons. The van der Waals surface area contributed by atoms with E-state index in [4.69, 9.17) is 9.84 Å². The number of carbonyl (C=O) groups excluding carboxylic acids is 1. The Morgan fingerprint density at radius 3 is 2.62 bits per heavy atom. The summed E-state index contributed by atoms with van der Waals surface area (Å²) in [4.78, 5) is 25.1. The first kappa shape index (κ1) is 18.4. The van der Waals surface area contributed by atoms with Crippen molar-refractivity contribution in [3.63, 3.8) is 0 Å². The van der Waals surface area contributed by atoms with Crippen molar-refractivity contribution in [3.05, 3.63) is 17.5 Å². The highest BCUT2D eigenvalue weighted by molar-refractivity contribution is 5.88. The quantitative estimate of drug-likeness (QED) is 0.736. The molecule has 0 spiro atoms. The van der Waals surface area contributed by atoms with Crippen molar-refractivity contribution in [1.82, 2.24) is 14.7 Å². The second-order valence-corrected chi connectivity index (χ2v) is 6.27. The zero-order valence-corrected chi connectivity index (χ0v) is 14.5. The molecule has 0 aliphatic carbocycles. The van der Waals surface area contributed by atoms with Gasteiger partial charge in [-0.05, 0) is 26.2 Å². The first-order valence-corrected chi connectivity index (χ1v) is 8.67. The van der Waals surface area contributed by atoms with E-state index in [0.717, 1.165) is 32.1 Å². The number of unbranched alkanes of at least 4 members (excludes halogenated alkanes) is 2. The topological polar surface area (TPSA) is 84.7 Å². The molecule has 1 aliphatic rings. The second-order valence-electron chi connectivity index (χ2n) is 6.27. The van der Waals surface area contributed by atoms with Gasteiger partial charge in [-0.2, -0.15) is 5.10 Å². The molecular formula is C17H27N3O4. The summed E-state index contributed by atoms with van der Waals surface area (Å²) in [6.45, 7) is 6.01. The van der Waals surface area contributed by atoms with Gasteiger partial charge in [-0.25, -0.2) is 4.79 Å². The maximum atomic E-state index is 12.1. The number of likely N-dealkylation sites (tertiary alicyclic amines) is 1. The number of aromatic carboxylic acids is 1. The zero-order valence-electron chi connectivity index (χ0n) is 14.5. The lowest BCUT2D eigenvalue weighted by molar-refractivity contribution is -0.137. The summed E-state index contributed by atoms with van der Waals surface area (Å²) in [5.74, 6) is -0.917. The van der Waals surface area contributed by atoms with E-state index in [2.05, 4.69) is 12.0 Å². The van der Waals surface area contributed by atoms with Crippen LogP contribution >= 0.6 is 0 Å². The predicted octanol–water partition coefficient (Wildman–Crippen LogP) is 2.26. The maximum Gasteiger partial charge on any atom is 0.339 e. The number of carbonyl (C=O) groups is 2. The molecule has 1 N–H and O–H groups in total. The van der Waals surface area contributed by atoms with Crippen LogP contribution in [0.2, 0.25) is 0 Å². The van der Waals surface area contributed by atoms with Crippen molar-refractivity contribution >= 4 is 11.9 Å². The van der Waals surface area contributed by atoms with Crippen molar-refractivity contribution in [2.75, 3.05) is 26.3 Å². The summed E-state index contributed by atoms with van der Waals surface area (Å²) >= 11 is 0. The minimum Gasteiger partial charge on any atom is -0.478 e. The highest BCUT2D eigenvalue weighted by Crippen LogP contribution is 2.24. The second kappa shape index (κ2) is 8.82. The number of aromatic nitrogens is 2. The zero-order chi connectivity index (χ0) is 17.5. The molecule has 2 heterocycles. The van der Waals surface area contributed by atoms with Gasteiger partial charge in [0.25, 0.3) is 0 Å². The van der Waals surface area contributed by atoms with Crippen molar-refractivity contribution in [2.24, 2.45) is 0 Å². The van der Waals surface area contributed by atoms with Crippen LogP contribution < -0.4 is 0 Å². The smallest absolute Gasteiger partial charge is 0.339 e. The lowest BCUT2D eigenvalue weighted by atomic mass is 10.0. The summed E-state index contributed by atoms with van der Waals surface area (Å²) in [7, 11) is 0. The molecule has 0 unspecified atom stereocenters. The molecule has 2 rings (SSSR count). The Labute approximate surface area is 142 Å². The van der Waals surface area contributed by atoms with E-state index in [-0.39, 0.29) is 24.1 Å². The van der Waals surface area contributed by atoms with Crippen LogP contribution in [-0.4, -0.2) is 58.0 Å². The molecule has 0 aromatic carbocycles. The minimum atomic E-state index is -0.952. The highest BCUT2D eigenvalue weighted by atomic mass is 16.5. The van der Waals surface area contributed by atoms with Gasteiger partial charge in [-0.15, -0.1) is 0 Å². The minimum absolute atomic E-state index is 0.0355. The van der Waals surface area contributed by atoms with Crippen molar-refractivity contribution in [3.8, 4) is 0 Å². The fourth-order valence-corrected chi connectivity index (χ4v) is 3.07. The molecule has 1 fully saturated rings. The number of piperidine rings is 1. The van der Waals surface area contributed by atoms with E-state index in [0.29, 0.717) is 25.4 Å². The van der Waals surface area contributed by atoms with Gasteiger partial charge in [0.15, 0.2) is 0 Å². The molecule has 0 bridgehead atoms. The number of carboxylic acids is 1. The van der Waals surface area contributed by atoms with E-state index >= 15 is 0 Å². The molecule has 1 amide bonds. The third-order valence-electron chi connectivity index (χ3n) is 4.56. The van der Waals surface area contributed by atoms with E-state index in [1.54, 1.807) is 11.6 Å². The van der Waals surface area contributed by atoms with Crippen molar-refractivity contribution in [2.45, 2.75) is 52.0 Å². The van der Waals surface area contributed by atoms with Crippen molar-refractivity contribution in [1.29, 1.82) is 0 Å². The standard InChI is InChI=1S/C17H27N3O4/c1-3-4-5-10-24-12-16(21)19-8-6-14(7-9-19)20-13(2)15(11-18-20)17(22)23/h11,14H,3-10,12H2,1-2H3,(H,22,23). The number of hydrogen-bond acceptors (Lipinski definition) is 4. The number of hydrogen-bond donors (Lipinski definition) is 1. The number of amides is 1. The molecule has 7 heteroatoms. The van der Waals surface area contributed by atoms with E-state index in [9.17, 15) is 9.59 Å². The van der Waals surface area contributed by atoms with Crippen LogP contribution in [0.25, 0.3) is 0 Å². The average Bonchev–Trinajstić information content (AvgIpc) is 2.96. The number of carboxylic acid groups (broad SMARTS) is 1. The van der Waals surface area contributed by atoms with E-state index in [1.807, 2.05) is 4.90 Å². The maximum absolute atomic E-state index is 12.1. The van der Waals surface area contributed by atoms with Gasteiger partial charge in [-0.1, -0.05) is 19.8 Å². The van der Waals surface area contributed by atoms with E-state index in [1.165, 1.54) is 6.20 Å². The first-order valence-electron chi connectivity index (χ1n) is 8.67. The summed E-state index contributed by atoms with van der Waals surface area (Å²) in [5.41, 5.74) is 0.917. The Bertz CT molecular complexity index is 562. The summed E-state index contributed by atoms with van der Waals surface area (Å²) in [6.07, 6.45) is 6.23. The van der Waals surface area contributed by atoms with Gasteiger partial charge in [0, 0.05) is 19.7 Å². The van der Waals surface area contributed by atoms with Gasteiger partial charge in [0.1, 0.15) is 12.2 Å². The molecule has 24 heavy (non-hydrogen) atoms. The van der Waals surface area contributed by atoms with E-state index < -0.39 is 5.97 Å². The number of nitrogens with zero attached hydrogens (tertiary/aromatic N) is 3. The van der Waals surface area contributed by atoms with Gasteiger partial charge in [0.05, 0.1) is 17.9 Å². The van der Waals surface area contributed by atoms with Gasteiger partial charge in [-0.3, -0.25) is 9.48 Å². The normalized spacial score (nSPS) is 15.7. The monoisotopic (exact) mass is 337 g/mol. The number of ether oxygens (including phenoxy) is 1. The predicted molar refractivity (Wildman–Crippen MR) is 89.1 cm³/mol. The molecule has 1 aromatic heterocycles. The lowest BCUT2D eigenvalue weighted by Gasteiger charge is -2.32. The average molecular weight is 337 g/mol. The Balaban J connectivity index is 1.79. The summed E-state index contributed by atoms with van der Waals surface area (Å²) in [5, 5.41) is 13.3. The molecule has 0 atom stereocenters. The van der Waals surface area contributed by atoms with Crippen LogP contribution in [0.5, 0.6) is 0 Å². The fraction of sp³-hybridized carbons (Fsp3) is 0.706. The molecule has 1 aliphatic heterocycles. The molecule has 1 aromatic rings. The van der Waals surface area contributed by atoms with Crippen LogP contribution in [0.15, 0.2) is 6.20 Å². The summed E-state index contributed by atoms with van der Waals surface area (Å²) in [6, 6.07) is 0.146. The Kier molecular flexibility index (Phi) is 6.78. The summed E-state index contributed by atoms with van der Waals surface area (Å²) < 4.78 is 7.22. The Morgan fingerprint density at radius 1 is 1.33 bits per heavy atom. The fourth-order valence-electron chi connectivity index (χ4n) is 3.07. The molecule has 1 saturated heterocycles. The van der Waals surface area contributed by atoms with Crippen LogP contribution in [-0.2, 0) is 9.53 Å². The van der Waals surface area contributed by atoms with Crippen LogP contribution in [0.4, 0.5) is 0 Å². The Morgan fingerprint density at radius 2 is 2.04 bits per heavy atom. The largest absolute Gasteiger partial charge is 0.478 e. The third-order valence-corrected chi connectivity index (χ3v) is 4.56. The van der Waals surface area contributed by atoms with Gasteiger partial charge in [0.2, 0.25) is 5.91 Å².